The van der Waals surface area contributed by atoms with E-state index >= 15 is 0 Å². The molecule has 1 aliphatic rings. The van der Waals surface area contributed by atoms with E-state index in [9.17, 15) is 9.59 Å². The summed E-state index contributed by atoms with van der Waals surface area (Å²) in [5.74, 6) is -0.110. The highest BCUT2D eigenvalue weighted by atomic mass is 16.5. The van der Waals surface area contributed by atoms with Crippen LogP contribution in [-0.4, -0.2) is 36.5 Å². The normalized spacial score (nSPS) is 18.0. The standard InChI is InChI=1S/C25H35NO3/c1-19(15-17-25(2,3)4)7-6-8-22-13-14-23(27)26(22)18-16-20-9-11-21(12-10-20)24(28)29-5/h6-12,22H,13-18H2,1-5H3/t22-/m0/s1. The average molecular weight is 398 g/mol. The zero-order chi connectivity index (χ0) is 21.4. The van der Waals surface area contributed by atoms with E-state index in [0.717, 1.165) is 24.8 Å². The molecule has 1 fully saturated rings. The number of carbonyl (C=O) groups is 2. The predicted molar refractivity (Wildman–Crippen MR) is 118 cm³/mol. The number of hydrogen-bond acceptors (Lipinski definition) is 3. The van der Waals surface area contributed by atoms with Gasteiger partial charge in [0.25, 0.3) is 0 Å². The van der Waals surface area contributed by atoms with Gasteiger partial charge in [0.05, 0.1) is 18.7 Å². The van der Waals surface area contributed by atoms with Crippen molar-refractivity contribution in [1.82, 2.24) is 4.90 Å². The van der Waals surface area contributed by atoms with Crippen molar-refractivity contribution in [2.24, 2.45) is 5.41 Å². The number of methoxy groups -OCH3 is 1. The number of amides is 1. The maximum atomic E-state index is 12.3. The Balaban J connectivity index is 1.90. The Morgan fingerprint density at radius 2 is 1.93 bits per heavy atom. The molecule has 1 aromatic rings. The molecule has 2 rings (SSSR count). The molecule has 0 spiro atoms. The first kappa shape index (κ1) is 22.9. The molecule has 1 atom stereocenters. The van der Waals surface area contributed by atoms with E-state index in [1.165, 1.54) is 19.1 Å². The summed E-state index contributed by atoms with van der Waals surface area (Å²) in [5, 5.41) is 0. The second kappa shape index (κ2) is 10.4. The molecule has 0 aliphatic carbocycles. The Labute approximate surface area is 175 Å². The molecule has 1 saturated heterocycles. The number of rotatable bonds is 8. The van der Waals surface area contributed by atoms with Crippen molar-refractivity contribution in [2.45, 2.75) is 65.8 Å². The smallest absolute Gasteiger partial charge is 0.337 e. The average Bonchev–Trinajstić information content (AvgIpc) is 3.03. The van der Waals surface area contributed by atoms with E-state index in [4.69, 9.17) is 4.74 Å². The fourth-order valence-corrected chi connectivity index (χ4v) is 3.42. The van der Waals surface area contributed by atoms with Gasteiger partial charge >= 0.3 is 5.97 Å². The van der Waals surface area contributed by atoms with Crippen molar-refractivity contribution in [2.75, 3.05) is 13.7 Å². The fourth-order valence-electron chi connectivity index (χ4n) is 3.42. The number of ether oxygens (including phenoxy) is 1. The molecule has 1 heterocycles. The summed E-state index contributed by atoms with van der Waals surface area (Å²) < 4.78 is 4.73. The van der Waals surface area contributed by atoms with Crippen molar-refractivity contribution in [3.8, 4) is 0 Å². The van der Waals surface area contributed by atoms with Crippen LogP contribution in [0.1, 0.15) is 69.3 Å². The molecule has 4 heteroatoms. The van der Waals surface area contributed by atoms with Gasteiger partial charge in [0.1, 0.15) is 0 Å². The number of nitrogens with zero attached hydrogens (tertiary/aromatic N) is 1. The SMILES string of the molecule is COC(=O)c1ccc(CCN2C(=O)CC[C@@H]2C=CC=C(C)CCC(C)(C)C)cc1. The number of allylic oxidation sites excluding steroid dienone is 3. The molecule has 0 bridgehead atoms. The summed E-state index contributed by atoms with van der Waals surface area (Å²) in [4.78, 5) is 25.8. The minimum atomic E-state index is -0.331. The Hall–Kier alpha value is -2.36. The molecule has 1 amide bonds. The second-order valence-electron chi connectivity index (χ2n) is 9.09. The van der Waals surface area contributed by atoms with Crippen LogP contribution in [0.3, 0.4) is 0 Å². The summed E-state index contributed by atoms with van der Waals surface area (Å²) in [5.41, 5.74) is 3.38. The van der Waals surface area contributed by atoms with Gasteiger partial charge in [-0.25, -0.2) is 4.79 Å². The molecule has 0 radical (unpaired) electrons. The summed E-state index contributed by atoms with van der Waals surface area (Å²) in [7, 11) is 1.38. The first-order valence-corrected chi connectivity index (χ1v) is 10.5. The minimum Gasteiger partial charge on any atom is -0.465 e. The van der Waals surface area contributed by atoms with Crippen LogP contribution in [-0.2, 0) is 16.0 Å². The van der Waals surface area contributed by atoms with Gasteiger partial charge in [-0.15, -0.1) is 0 Å². The molecular weight excluding hydrogens is 362 g/mol. The molecule has 4 nitrogen and oxygen atoms in total. The van der Waals surface area contributed by atoms with E-state index in [2.05, 4.69) is 45.9 Å². The topological polar surface area (TPSA) is 46.6 Å². The number of carbonyl (C=O) groups excluding carboxylic acids is 2. The maximum absolute atomic E-state index is 12.3. The molecule has 158 valence electrons. The van der Waals surface area contributed by atoms with Crippen molar-refractivity contribution in [3.63, 3.8) is 0 Å². The summed E-state index contributed by atoms with van der Waals surface area (Å²) >= 11 is 0. The lowest BCUT2D eigenvalue weighted by Crippen LogP contribution is -2.33. The van der Waals surface area contributed by atoms with E-state index in [1.54, 1.807) is 12.1 Å². The second-order valence-corrected chi connectivity index (χ2v) is 9.09. The Kier molecular flexibility index (Phi) is 8.24. The summed E-state index contributed by atoms with van der Waals surface area (Å²) in [6, 6.07) is 7.58. The largest absolute Gasteiger partial charge is 0.465 e. The zero-order valence-electron chi connectivity index (χ0n) is 18.5. The molecule has 1 aliphatic heterocycles. The number of benzene rings is 1. The van der Waals surface area contributed by atoms with Crippen molar-refractivity contribution >= 4 is 11.9 Å². The highest BCUT2D eigenvalue weighted by Gasteiger charge is 2.28. The molecular formula is C25H35NO3. The quantitative estimate of drug-likeness (QED) is 0.440. The lowest BCUT2D eigenvalue weighted by Gasteiger charge is -2.22. The van der Waals surface area contributed by atoms with Crippen LogP contribution >= 0.6 is 0 Å². The third kappa shape index (κ3) is 7.52. The van der Waals surface area contributed by atoms with Crippen LogP contribution in [0.15, 0.2) is 48.1 Å². The third-order valence-electron chi connectivity index (χ3n) is 5.37. The highest BCUT2D eigenvalue weighted by molar-refractivity contribution is 5.89. The molecule has 29 heavy (non-hydrogen) atoms. The zero-order valence-corrected chi connectivity index (χ0v) is 18.5. The molecule has 1 aromatic carbocycles. The monoisotopic (exact) mass is 397 g/mol. The predicted octanol–water partition coefficient (Wildman–Crippen LogP) is 5.34. The summed E-state index contributed by atoms with van der Waals surface area (Å²) in [6.45, 7) is 9.66. The van der Waals surface area contributed by atoms with E-state index in [0.29, 0.717) is 23.9 Å². The first-order valence-electron chi connectivity index (χ1n) is 10.5. The van der Waals surface area contributed by atoms with Gasteiger partial charge < -0.3 is 9.64 Å². The van der Waals surface area contributed by atoms with E-state index < -0.39 is 0 Å². The van der Waals surface area contributed by atoms with E-state index in [1.807, 2.05) is 17.0 Å². The van der Waals surface area contributed by atoms with Gasteiger partial charge in [-0.1, -0.05) is 56.7 Å². The van der Waals surface area contributed by atoms with Gasteiger partial charge in [-0.3, -0.25) is 4.79 Å². The molecule has 0 N–H and O–H groups in total. The van der Waals surface area contributed by atoms with Crippen LogP contribution in [0, 0.1) is 5.41 Å². The van der Waals surface area contributed by atoms with Crippen LogP contribution in [0.5, 0.6) is 0 Å². The number of likely N-dealkylation sites (tertiary alicyclic amines) is 1. The Morgan fingerprint density at radius 1 is 1.24 bits per heavy atom. The molecule has 0 saturated carbocycles. The van der Waals surface area contributed by atoms with Gasteiger partial charge in [-0.05, 0) is 55.7 Å². The minimum absolute atomic E-state index is 0.170. The first-order chi connectivity index (χ1) is 13.7. The maximum Gasteiger partial charge on any atom is 0.337 e. The third-order valence-corrected chi connectivity index (χ3v) is 5.37. The Bertz CT molecular complexity index is 753. The van der Waals surface area contributed by atoms with Gasteiger partial charge in [0, 0.05) is 13.0 Å². The highest BCUT2D eigenvalue weighted by Crippen LogP contribution is 2.24. The lowest BCUT2D eigenvalue weighted by molar-refractivity contribution is -0.128. The Morgan fingerprint density at radius 3 is 2.55 bits per heavy atom. The van der Waals surface area contributed by atoms with Gasteiger partial charge in [0.2, 0.25) is 5.91 Å². The molecule has 0 aromatic heterocycles. The van der Waals surface area contributed by atoms with Crippen LogP contribution < -0.4 is 0 Å². The van der Waals surface area contributed by atoms with Crippen LogP contribution in [0.4, 0.5) is 0 Å². The van der Waals surface area contributed by atoms with Crippen molar-refractivity contribution in [3.05, 3.63) is 59.2 Å². The summed E-state index contributed by atoms with van der Waals surface area (Å²) in [6.07, 6.45) is 11.0. The number of hydrogen-bond donors (Lipinski definition) is 0. The van der Waals surface area contributed by atoms with Crippen molar-refractivity contribution < 1.29 is 14.3 Å². The fraction of sp³-hybridized carbons (Fsp3) is 0.520. The lowest BCUT2D eigenvalue weighted by atomic mass is 9.89. The van der Waals surface area contributed by atoms with Crippen LogP contribution in [0.2, 0.25) is 0 Å². The van der Waals surface area contributed by atoms with Crippen molar-refractivity contribution in [1.29, 1.82) is 0 Å². The number of esters is 1. The molecule has 0 unspecified atom stereocenters. The van der Waals surface area contributed by atoms with Gasteiger partial charge in [-0.2, -0.15) is 0 Å². The van der Waals surface area contributed by atoms with Crippen LogP contribution in [0.25, 0.3) is 0 Å². The van der Waals surface area contributed by atoms with Gasteiger partial charge in [0.15, 0.2) is 0 Å². The van der Waals surface area contributed by atoms with E-state index in [-0.39, 0.29) is 17.9 Å².